The highest BCUT2D eigenvalue weighted by molar-refractivity contribution is 5.80. The zero-order chi connectivity index (χ0) is 12.3. The summed E-state index contributed by atoms with van der Waals surface area (Å²) < 4.78 is 0. The van der Waals surface area contributed by atoms with Crippen LogP contribution in [0.25, 0.3) is 0 Å². The Hall–Kier alpha value is -1.26. The summed E-state index contributed by atoms with van der Waals surface area (Å²) in [5.74, 6) is -0.396. The molecule has 2 amide bonds. The summed E-state index contributed by atoms with van der Waals surface area (Å²) in [5.41, 5.74) is -0.480. The lowest BCUT2D eigenvalue weighted by molar-refractivity contribution is -0.138. The topological polar surface area (TPSA) is 69.6 Å². The normalized spacial score (nSPS) is 15.7. The van der Waals surface area contributed by atoms with E-state index in [1.807, 2.05) is 20.8 Å². The summed E-state index contributed by atoms with van der Waals surface area (Å²) in [7, 11) is 0. The molecule has 1 fully saturated rings. The first-order valence-electron chi connectivity index (χ1n) is 5.58. The van der Waals surface area contributed by atoms with E-state index in [2.05, 4.69) is 5.32 Å². The maximum atomic E-state index is 11.8. The van der Waals surface area contributed by atoms with Crippen LogP contribution in [0.2, 0.25) is 0 Å². The van der Waals surface area contributed by atoms with E-state index in [1.165, 1.54) is 4.90 Å². The summed E-state index contributed by atoms with van der Waals surface area (Å²) in [6, 6.07) is -0.290. The average Bonchev–Trinajstić information content (AvgIpc) is 2.91. The van der Waals surface area contributed by atoms with Crippen molar-refractivity contribution in [3.8, 4) is 0 Å². The molecule has 0 spiro atoms. The van der Waals surface area contributed by atoms with Crippen molar-refractivity contribution < 1.29 is 14.7 Å². The number of rotatable bonds is 4. The zero-order valence-electron chi connectivity index (χ0n) is 10.1. The van der Waals surface area contributed by atoms with Crippen LogP contribution in [0.1, 0.15) is 33.6 Å². The molecule has 0 aromatic rings. The van der Waals surface area contributed by atoms with Gasteiger partial charge in [0, 0.05) is 12.1 Å². The van der Waals surface area contributed by atoms with Gasteiger partial charge in [0.25, 0.3) is 0 Å². The Morgan fingerprint density at radius 2 is 1.94 bits per heavy atom. The van der Waals surface area contributed by atoms with Gasteiger partial charge in [-0.05, 0) is 39.5 Å². The minimum Gasteiger partial charge on any atom is -0.480 e. The molecule has 0 atom stereocenters. The van der Waals surface area contributed by atoms with E-state index in [4.69, 9.17) is 5.11 Å². The van der Waals surface area contributed by atoms with E-state index in [9.17, 15) is 9.59 Å². The Balaban J connectivity index is 2.51. The van der Waals surface area contributed by atoms with Crippen molar-refractivity contribution in [2.75, 3.05) is 13.1 Å². The van der Waals surface area contributed by atoms with E-state index in [0.717, 1.165) is 12.8 Å². The molecule has 0 radical (unpaired) electrons. The summed E-state index contributed by atoms with van der Waals surface area (Å²) in [6.07, 6.45) is 2.32. The highest BCUT2D eigenvalue weighted by atomic mass is 16.4. The second-order valence-electron chi connectivity index (χ2n) is 5.28. The first kappa shape index (κ1) is 12.8. The third kappa shape index (κ3) is 4.08. The molecule has 2 N–H and O–H groups in total. The lowest BCUT2D eigenvalue weighted by Crippen LogP contribution is -2.52. The Bertz CT molecular complexity index is 279. The molecular formula is C11H20N2O3. The van der Waals surface area contributed by atoms with Crippen LogP contribution in [0, 0.1) is 5.92 Å². The molecule has 0 unspecified atom stereocenters. The number of carboxylic acid groups (broad SMARTS) is 1. The molecule has 5 heteroatoms. The molecule has 5 nitrogen and oxygen atoms in total. The summed E-state index contributed by atoms with van der Waals surface area (Å²) >= 11 is 0. The molecule has 1 rings (SSSR count). The van der Waals surface area contributed by atoms with Gasteiger partial charge in [0.1, 0.15) is 6.54 Å². The minimum atomic E-state index is -0.989. The van der Waals surface area contributed by atoms with Crippen molar-refractivity contribution in [1.82, 2.24) is 10.2 Å². The average molecular weight is 228 g/mol. The molecule has 0 aromatic heterocycles. The molecule has 1 saturated carbocycles. The van der Waals surface area contributed by atoms with Crippen molar-refractivity contribution in [2.45, 2.75) is 39.2 Å². The number of carboxylic acids is 1. The lowest BCUT2D eigenvalue weighted by Gasteiger charge is -2.34. The molecule has 0 saturated heterocycles. The molecule has 1 aliphatic carbocycles. The fourth-order valence-corrected chi connectivity index (χ4v) is 1.40. The second kappa shape index (κ2) is 4.72. The van der Waals surface area contributed by atoms with Crippen molar-refractivity contribution in [3.63, 3.8) is 0 Å². The number of hydrogen-bond donors (Lipinski definition) is 2. The predicted molar refractivity (Wildman–Crippen MR) is 60.2 cm³/mol. The zero-order valence-corrected chi connectivity index (χ0v) is 10.1. The molecule has 16 heavy (non-hydrogen) atoms. The molecule has 1 aliphatic rings. The summed E-state index contributed by atoms with van der Waals surface area (Å²) in [6.45, 7) is 5.87. The van der Waals surface area contributed by atoms with Gasteiger partial charge in [-0.25, -0.2) is 4.79 Å². The van der Waals surface area contributed by atoms with Gasteiger partial charge in [0.15, 0.2) is 0 Å². The molecule has 92 valence electrons. The number of nitrogens with one attached hydrogen (secondary N) is 1. The number of urea groups is 1. The van der Waals surface area contributed by atoms with Crippen LogP contribution in [-0.4, -0.2) is 40.6 Å². The molecule has 0 bridgehead atoms. The first-order chi connectivity index (χ1) is 7.30. The third-order valence-electron chi connectivity index (χ3n) is 2.59. The number of nitrogens with zero attached hydrogens (tertiary/aromatic N) is 1. The van der Waals surface area contributed by atoms with Gasteiger partial charge < -0.3 is 15.3 Å². The van der Waals surface area contributed by atoms with Crippen molar-refractivity contribution >= 4 is 12.0 Å². The maximum Gasteiger partial charge on any atom is 0.323 e. The molecular weight excluding hydrogens is 208 g/mol. The monoisotopic (exact) mass is 228 g/mol. The number of amides is 2. The molecule has 0 aliphatic heterocycles. The Labute approximate surface area is 95.8 Å². The van der Waals surface area contributed by atoms with Crippen LogP contribution in [0.3, 0.4) is 0 Å². The van der Waals surface area contributed by atoms with E-state index in [0.29, 0.717) is 12.5 Å². The van der Waals surface area contributed by atoms with Crippen LogP contribution in [0.5, 0.6) is 0 Å². The van der Waals surface area contributed by atoms with Gasteiger partial charge >= 0.3 is 12.0 Å². The minimum absolute atomic E-state index is 0.264. The van der Waals surface area contributed by atoms with E-state index in [1.54, 1.807) is 0 Å². The standard InChI is InChI=1S/C11H20N2O3/c1-11(2,3)13(7-9(14)15)10(16)12-6-8-4-5-8/h8H,4-7H2,1-3H3,(H,12,16)(H,14,15). The number of carbonyl (C=O) groups excluding carboxylic acids is 1. The fourth-order valence-electron chi connectivity index (χ4n) is 1.40. The van der Waals surface area contributed by atoms with Crippen molar-refractivity contribution in [3.05, 3.63) is 0 Å². The van der Waals surface area contributed by atoms with Gasteiger partial charge in [0.05, 0.1) is 0 Å². The number of hydrogen-bond acceptors (Lipinski definition) is 2. The van der Waals surface area contributed by atoms with Gasteiger partial charge in [-0.15, -0.1) is 0 Å². The summed E-state index contributed by atoms with van der Waals surface area (Å²) in [5, 5.41) is 11.5. The van der Waals surface area contributed by atoms with Crippen molar-refractivity contribution in [2.24, 2.45) is 5.92 Å². The van der Waals surface area contributed by atoms with Crippen LogP contribution in [0.4, 0.5) is 4.79 Å². The quantitative estimate of drug-likeness (QED) is 0.761. The van der Waals surface area contributed by atoms with E-state index < -0.39 is 11.5 Å². The Kier molecular flexibility index (Phi) is 3.78. The Morgan fingerprint density at radius 1 is 1.38 bits per heavy atom. The lowest BCUT2D eigenvalue weighted by atomic mass is 10.1. The third-order valence-corrected chi connectivity index (χ3v) is 2.59. The fraction of sp³-hybridized carbons (Fsp3) is 0.818. The van der Waals surface area contributed by atoms with E-state index >= 15 is 0 Å². The predicted octanol–water partition coefficient (Wildman–Crippen LogP) is 1.29. The summed E-state index contributed by atoms with van der Waals surface area (Å²) in [4.78, 5) is 23.8. The largest absolute Gasteiger partial charge is 0.480 e. The highest BCUT2D eigenvalue weighted by Crippen LogP contribution is 2.27. The maximum absolute atomic E-state index is 11.8. The molecule has 0 heterocycles. The van der Waals surface area contributed by atoms with Gasteiger partial charge in [-0.3, -0.25) is 4.79 Å². The SMILES string of the molecule is CC(C)(C)N(CC(=O)O)C(=O)NCC1CC1. The first-order valence-corrected chi connectivity index (χ1v) is 5.58. The van der Waals surface area contributed by atoms with Crippen LogP contribution in [-0.2, 0) is 4.79 Å². The van der Waals surface area contributed by atoms with Gasteiger partial charge in [0.2, 0.25) is 0 Å². The van der Waals surface area contributed by atoms with Gasteiger partial charge in [-0.2, -0.15) is 0 Å². The Morgan fingerprint density at radius 3 is 2.31 bits per heavy atom. The highest BCUT2D eigenvalue weighted by Gasteiger charge is 2.29. The van der Waals surface area contributed by atoms with E-state index in [-0.39, 0.29) is 12.6 Å². The smallest absolute Gasteiger partial charge is 0.323 e. The molecule has 0 aromatic carbocycles. The second-order valence-corrected chi connectivity index (χ2v) is 5.28. The van der Waals surface area contributed by atoms with Crippen LogP contribution >= 0.6 is 0 Å². The number of carbonyl (C=O) groups is 2. The van der Waals surface area contributed by atoms with Crippen LogP contribution < -0.4 is 5.32 Å². The number of aliphatic carboxylic acids is 1. The van der Waals surface area contributed by atoms with Crippen molar-refractivity contribution in [1.29, 1.82) is 0 Å². The van der Waals surface area contributed by atoms with Gasteiger partial charge in [-0.1, -0.05) is 0 Å². The van der Waals surface area contributed by atoms with Crippen LogP contribution in [0.15, 0.2) is 0 Å².